The van der Waals surface area contributed by atoms with Crippen molar-refractivity contribution in [3.8, 4) is 0 Å². The van der Waals surface area contributed by atoms with Crippen LogP contribution in [0.2, 0.25) is 0 Å². The van der Waals surface area contributed by atoms with Crippen molar-refractivity contribution in [2.24, 2.45) is 5.92 Å². The lowest BCUT2D eigenvalue weighted by Gasteiger charge is -2.33. The molecule has 2 heterocycles. The van der Waals surface area contributed by atoms with E-state index in [1.807, 2.05) is 38.8 Å². The number of nitrogens with one attached hydrogen (secondary N) is 1. The molecule has 1 amide bonds. The number of anilines is 1. The van der Waals surface area contributed by atoms with Crippen molar-refractivity contribution >= 4 is 27.7 Å². The number of carbonyl (C=O) groups is 1. The number of aromatic nitrogens is 1. The molecule has 1 N–H and O–H groups in total. The molecular formula is C17H26BrN3O2. The van der Waals surface area contributed by atoms with E-state index in [1.165, 1.54) is 0 Å². The fourth-order valence-corrected chi connectivity index (χ4v) is 2.78. The first-order valence-corrected chi connectivity index (χ1v) is 8.88. The summed E-state index contributed by atoms with van der Waals surface area (Å²) in [5.41, 5.74) is 1.73. The fraction of sp³-hybridized carbons (Fsp3) is 0.647. The number of hydrogen-bond donors (Lipinski definition) is 1. The molecule has 2 rings (SSSR count). The van der Waals surface area contributed by atoms with Crippen LogP contribution in [0.5, 0.6) is 0 Å². The quantitative estimate of drug-likeness (QED) is 0.794. The molecular weight excluding hydrogens is 358 g/mol. The third kappa shape index (κ3) is 5.68. The zero-order chi connectivity index (χ0) is 17.0. The van der Waals surface area contributed by atoms with Gasteiger partial charge in [-0.25, -0.2) is 9.78 Å². The highest BCUT2D eigenvalue weighted by Crippen LogP contribution is 2.21. The van der Waals surface area contributed by atoms with Gasteiger partial charge in [0.25, 0.3) is 0 Å². The molecule has 1 aliphatic heterocycles. The summed E-state index contributed by atoms with van der Waals surface area (Å²) in [6.45, 7) is 10.2. The number of carbonyl (C=O) groups excluding carboxylic acids is 1. The van der Waals surface area contributed by atoms with Crippen molar-refractivity contribution in [1.29, 1.82) is 0 Å². The number of likely N-dealkylation sites (tertiary alicyclic amines) is 1. The second kappa shape index (κ2) is 7.51. The summed E-state index contributed by atoms with van der Waals surface area (Å²) in [5, 5.41) is 3.45. The van der Waals surface area contributed by atoms with Gasteiger partial charge < -0.3 is 15.0 Å². The van der Waals surface area contributed by atoms with Crippen molar-refractivity contribution in [3.63, 3.8) is 0 Å². The van der Waals surface area contributed by atoms with Crippen molar-refractivity contribution in [1.82, 2.24) is 9.88 Å². The molecule has 1 saturated heterocycles. The fourth-order valence-electron chi connectivity index (χ4n) is 2.56. The van der Waals surface area contributed by atoms with E-state index in [0.29, 0.717) is 5.92 Å². The van der Waals surface area contributed by atoms with Crippen molar-refractivity contribution in [2.75, 3.05) is 25.0 Å². The maximum Gasteiger partial charge on any atom is 0.410 e. The van der Waals surface area contributed by atoms with Gasteiger partial charge in [-0.05, 0) is 74.0 Å². The van der Waals surface area contributed by atoms with Gasteiger partial charge in [-0.15, -0.1) is 0 Å². The summed E-state index contributed by atoms with van der Waals surface area (Å²) in [5.74, 6) is 0.567. The predicted octanol–water partition coefficient (Wildman–Crippen LogP) is 4.21. The van der Waals surface area contributed by atoms with Gasteiger partial charge in [0.15, 0.2) is 0 Å². The monoisotopic (exact) mass is 383 g/mol. The van der Waals surface area contributed by atoms with Crippen LogP contribution in [0.15, 0.2) is 16.9 Å². The molecule has 0 spiro atoms. The van der Waals surface area contributed by atoms with Crippen LogP contribution < -0.4 is 5.32 Å². The summed E-state index contributed by atoms with van der Waals surface area (Å²) in [4.78, 5) is 18.2. The van der Waals surface area contributed by atoms with Crippen LogP contribution in [0.25, 0.3) is 0 Å². The molecule has 0 aromatic carbocycles. The van der Waals surface area contributed by atoms with Crippen molar-refractivity contribution < 1.29 is 9.53 Å². The summed E-state index contributed by atoms with van der Waals surface area (Å²) < 4.78 is 6.31. The molecule has 0 atom stereocenters. The Morgan fingerprint density at radius 3 is 2.65 bits per heavy atom. The normalized spacial score (nSPS) is 16.3. The number of piperidine rings is 1. The van der Waals surface area contributed by atoms with Gasteiger partial charge in [-0.3, -0.25) is 0 Å². The van der Waals surface area contributed by atoms with Crippen LogP contribution in [0.3, 0.4) is 0 Å². The van der Waals surface area contributed by atoms with E-state index in [4.69, 9.17) is 4.74 Å². The first-order valence-electron chi connectivity index (χ1n) is 8.08. The minimum atomic E-state index is -0.429. The Morgan fingerprint density at radius 1 is 1.43 bits per heavy atom. The Morgan fingerprint density at radius 2 is 2.09 bits per heavy atom. The van der Waals surface area contributed by atoms with Gasteiger partial charge in [-0.1, -0.05) is 0 Å². The molecule has 1 aromatic rings. The van der Waals surface area contributed by atoms with E-state index in [0.717, 1.165) is 48.3 Å². The molecule has 1 aliphatic rings. The Labute approximate surface area is 146 Å². The number of halogens is 1. The van der Waals surface area contributed by atoms with Crippen LogP contribution in [0.1, 0.15) is 39.2 Å². The number of rotatable bonds is 3. The zero-order valence-corrected chi connectivity index (χ0v) is 15.9. The zero-order valence-electron chi connectivity index (χ0n) is 14.4. The molecule has 0 saturated carbocycles. The highest BCUT2D eigenvalue weighted by atomic mass is 79.9. The lowest BCUT2D eigenvalue weighted by Crippen LogP contribution is -2.42. The third-order valence-corrected chi connectivity index (χ3v) is 4.71. The number of ether oxygens (including phenoxy) is 1. The van der Waals surface area contributed by atoms with Gasteiger partial charge in [0.2, 0.25) is 0 Å². The topological polar surface area (TPSA) is 54.5 Å². The molecule has 1 aromatic heterocycles. The maximum absolute atomic E-state index is 12.0. The Bertz CT molecular complexity index is 549. The molecule has 1 fully saturated rings. The van der Waals surface area contributed by atoms with Gasteiger partial charge >= 0.3 is 6.09 Å². The molecule has 23 heavy (non-hydrogen) atoms. The molecule has 0 radical (unpaired) electrons. The van der Waals surface area contributed by atoms with Crippen LogP contribution >= 0.6 is 15.9 Å². The van der Waals surface area contributed by atoms with Gasteiger partial charge in [0, 0.05) is 19.6 Å². The first kappa shape index (κ1) is 18.0. The summed E-state index contributed by atoms with van der Waals surface area (Å²) >= 11 is 3.41. The number of nitrogens with zero attached hydrogens (tertiary/aromatic N) is 2. The lowest BCUT2D eigenvalue weighted by atomic mass is 9.97. The van der Waals surface area contributed by atoms with Crippen LogP contribution in [0, 0.1) is 12.8 Å². The van der Waals surface area contributed by atoms with Gasteiger partial charge in [-0.2, -0.15) is 0 Å². The summed E-state index contributed by atoms with van der Waals surface area (Å²) in [7, 11) is 0. The molecule has 0 bridgehead atoms. The highest BCUT2D eigenvalue weighted by Gasteiger charge is 2.26. The van der Waals surface area contributed by atoms with Gasteiger partial charge in [0.05, 0.1) is 11.9 Å². The van der Waals surface area contributed by atoms with E-state index in [9.17, 15) is 4.79 Å². The molecule has 6 heteroatoms. The minimum Gasteiger partial charge on any atom is -0.444 e. The van der Waals surface area contributed by atoms with E-state index < -0.39 is 5.60 Å². The second-order valence-corrected chi connectivity index (χ2v) is 7.87. The van der Waals surface area contributed by atoms with Crippen LogP contribution in [0.4, 0.5) is 10.5 Å². The largest absolute Gasteiger partial charge is 0.444 e. The maximum atomic E-state index is 12.0. The smallest absolute Gasteiger partial charge is 0.410 e. The van der Waals surface area contributed by atoms with Crippen molar-refractivity contribution in [3.05, 3.63) is 22.4 Å². The van der Waals surface area contributed by atoms with E-state index in [-0.39, 0.29) is 6.09 Å². The van der Waals surface area contributed by atoms with Crippen molar-refractivity contribution in [2.45, 2.75) is 46.1 Å². The molecule has 5 nitrogen and oxygen atoms in total. The Kier molecular flexibility index (Phi) is 5.89. The third-order valence-electron chi connectivity index (χ3n) is 3.88. The average molecular weight is 384 g/mol. The molecule has 0 unspecified atom stereocenters. The molecule has 0 aliphatic carbocycles. The van der Waals surface area contributed by atoms with Gasteiger partial charge in [0.1, 0.15) is 10.2 Å². The second-order valence-electron chi connectivity index (χ2n) is 7.12. The minimum absolute atomic E-state index is 0.198. The lowest BCUT2D eigenvalue weighted by molar-refractivity contribution is 0.0188. The van der Waals surface area contributed by atoms with E-state index in [1.54, 1.807) is 0 Å². The first-order chi connectivity index (χ1) is 10.7. The summed E-state index contributed by atoms with van der Waals surface area (Å²) in [6, 6.07) is 2.09. The highest BCUT2D eigenvalue weighted by molar-refractivity contribution is 9.10. The van der Waals surface area contributed by atoms with Crippen LogP contribution in [-0.4, -0.2) is 41.2 Å². The number of amides is 1. The number of pyridine rings is 1. The SMILES string of the molecule is Cc1cc(NCC2CCN(C(=O)OC(C)(C)C)CC2)cnc1Br. The standard InChI is InChI=1S/C17H26BrN3O2/c1-12-9-14(11-20-15(12)18)19-10-13-5-7-21(8-6-13)16(22)23-17(2,3)4/h9,11,13,19H,5-8,10H2,1-4H3. The van der Waals surface area contributed by atoms with Crippen LogP contribution in [-0.2, 0) is 4.74 Å². The Balaban J connectivity index is 1.76. The Hall–Kier alpha value is -1.30. The molecule has 128 valence electrons. The predicted molar refractivity (Wildman–Crippen MR) is 95.7 cm³/mol. The summed E-state index contributed by atoms with van der Waals surface area (Å²) in [6.07, 6.45) is 3.63. The number of hydrogen-bond acceptors (Lipinski definition) is 4. The van der Waals surface area contributed by atoms with E-state index in [2.05, 4.69) is 32.3 Å². The number of aryl methyl sites for hydroxylation is 1. The van der Waals surface area contributed by atoms with E-state index >= 15 is 0 Å². The average Bonchev–Trinajstić information content (AvgIpc) is 2.47.